The molecule has 1 saturated heterocycles. The number of halogens is 2. The molecule has 30 heavy (non-hydrogen) atoms. The zero-order valence-electron chi connectivity index (χ0n) is 16.3. The van der Waals surface area contributed by atoms with Crippen molar-refractivity contribution in [2.45, 2.75) is 23.5 Å². The Morgan fingerprint density at radius 3 is 2.67 bits per heavy atom. The summed E-state index contributed by atoms with van der Waals surface area (Å²) in [6.45, 7) is 1.00. The molecule has 0 aliphatic carbocycles. The van der Waals surface area contributed by atoms with Gasteiger partial charge in [-0.2, -0.15) is 16.1 Å². The summed E-state index contributed by atoms with van der Waals surface area (Å²) in [5.74, 6) is 0.710. The Balaban J connectivity index is 1.41. The van der Waals surface area contributed by atoms with Crippen molar-refractivity contribution in [3.8, 4) is 0 Å². The number of nitrogens with zero attached hydrogens (tertiary/aromatic N) is 2. The van der Waals surface area contributed by atoms with Gasteiger partial charge in [-0.15, -0.1) is 0 Å². The lowest BCUT2D eigenvalue weighted by Crippen LogP contribution is -2.43. The summed E-state index contributed by atoms with van der Waals surface area (Å²) < 4.78 is 40.4. The number of pyridine rings is 1. The van der Waals surface area contributed by atoms with Gasteiger partial charge in [0.25, 0.3) is 0 Å². The highest BCUT2D eigenvalue weighted by atomic mass is 35.5. The fourth-order valence-electron chi connectivity index (χ4n) is 3.25. The van der Waals surface area contributed by atoms with Gasteiger partial charge in [0.15, 0.2) is 0 Å². The fraction of sp³-hybridized carbons (Fsp3) is 0.400. The van der Waals surface area contributed by atoms with Crippen LogP contribution < -0.4 is 5.32 Å². The number of hydrogen-bond donors (Lipinski definition) is 1. The average Bonchev–Trinajstić information content (AvgIpc) is 2.75. The largest absolute Gasteiger partial charge is 0.355 e. The Morgan fingerprint density at radius 2 is 1.97 bits per heavy atom. The van der Waals surface area contributed by atoms with E-state index in [-0.39, 0.29) is 40.8 Å². The first kappa shape index (κ1) is 23.0. The van der Waals surface area contributed by atoms with Gasteiger partial charge in [-0.25, -0.2) is 17.8 Å². The molecule has 1 aromatic carbocycles. The normalized spacial score (nSPS) is 15.8. The van der Waals surface area contributed by atoms with Gasteiger partial charge in [0.2, 0.25) is 15.9 Å². The van der Waals surface area contributed by atoms with E-state index in [9.17, 15) is 17.6 Å². The van der Waals surface area contributed by atoms with E-state index in [0.29, 0.717) is 36.5 Å². The van der Waals surface area contributed by atoms with Gasteiger partial charge < -0.3 is 5.32 Å². The highest BCUT2D eigenvalue weighted by Gasteiger charge is 2.33. The van der Waals surface area contributed by atoms with Crippen molar-refractivity contribution in [3.63, 3.8) is 0 Å². The summed E-state index contributed by atoms with van der Waals surface area (Å²) in [7, 11) is -3.72. The number of amides is 1. The lowest BCUT2D eigenvalue weighted by atomic mass is 9.97. The molecule has 162 valence electrons. The molecule has 1 fully saturated rings. The summed E-state index contributed by atoms with van der Waals surface area (Å²) >= 11 is 7.49. The number of benzene rings is 1. The molecule has 6 nitrogen and oxygen atoms in total. The van der Waals surface area contributed by atoms with Crippen LogP contribution in [0.2, 0.25) is 5.15 Å². The van der Waals surface area contributed by atoms with Crippen molar-refractivity contribution in [3.05, 3.63) is 59.1 Å². The molecule has 0 atom stereocenters. The lowest BCUT2D eigenvalue weighted by molar-refractivity contribution is -0.125. The van der Waals surface area contributed by atoms with E-state index in [1.807, 2.05) is 0 Å². The van der Waals surface area contributed by atoms with Crippen molar-refractivity contribution in [1.29, 1.82) is 0 Å². The van der Waals surface area contributed by atoms with Crippen molar-refractivity contribution >= 4 is 39.3 Å². The Labute approximate surface area is 185 Å². The molecule has 1 aromatic heterocycles. The van der Waals surface area contributed by atoms with E-state index >= 15 is 0 Å². The van der Waals surface area contributed by atoms with Crippen LogP contribution in [0.1, 0.15) is 18.4 Å². The highest BCUT2D eigenvalue weighted by molar-refractivity contribution is 7.98. The van der Waals surface area contributed by atoms with Crippen LogP contribution in [0.15, 0.2) is 47.5 Å². The average molecular weight is 472 g/mol. The standard InChI is InChI=1S/C20H23ClFN3O3S2/c21-19-18(6-3-9-23-19)30(27,28)25-11-7-15(8-12-25)20(26)24-10-13-29-14-16-4-1-2-5-17(16)22/h1-6,9,15H,7-8,10-14H2,(H,24,26). The van der Waals surface area contributed by atoms with Crippen LogP contribution in [-0.4, -0.2) is 49.0 Å². The van der Waals surface area contributed by atoms with Crippen LogP contribution in [0.25, 0.3) is 0 Å². The molecule has 2 heterocycles. The molecule has 10 heteroatoms. The predicted octanol–water partition coefficient (Wildman–Crippen LogP) is 3.32. The van der Waals surface area contributed by atoms with Crippen LogP contribution in [0.3, 0.4) is 0 Å². The van der Waals surface area contributed by atoms with Gasteiger partial charge >= 0.3 is 0 Å². The van der Waals surface area contributed by atoms with E-state index in [1.54, 1.807) is 30.0 Å². The zero-order valence-corrected chi connectivity index (χ0v) is 18.6. The monoisotopic (exact) mass is 471 g/mol. The molecule has 0 radical (unpaired) electrons. The third-order valence-corrected chi connectivity index (χ3v) is 8.28. The quantitative estimate of drug-likeness (QED) is 0.472. The van der Waals surface area contributed by atoms with Crippen molar-refractivity contribution < 1.29 is 17.6 Å². The molecule has 2 aromatic rings. The van der Waals surface area contributed by atoms with Crippen LogP contribution in [0.5, 0.6) is 0 Å². The molecule has 1 N–H and O–H groups in total. The molecule has 0 saturated carbocycles. The van der Waals surface area contributed by atoms with Gasteiger partial charge in [0, 0.05) is 43.3 Å². The Bertz CT molecular complexity index is 983. The second-order valence-electron chi connectivity index (χ2n) is 6.91. The molecule has 3 rings (SSSR count). The maximum Gasteiger partial charge on any atom is 0.246 e. The number of carbonyl (C=O) groups excluding carboxylic acids is 1. The summed E-state index contributed by atoms with van der Waals surface area (Å²) in [5.41, 5.74) is 0.649. The molecular formula is C20H23ClFN3O3S2. The molecule has 1 aliphatic heterocycles. The molecule has 0 unspecified atom stereocenters. The SMILES string of the molecule is O=C(NCCSCc1ccccc1F)C1CCN(S(=O)(=O)c2cccnc2Cl)CC1. The van der Waals surface area contributed by atoms with Crippen molar-refractivity contribution in [2.24, 2.45) is 5.92 Å². The topological polar surface area (TPSA) is 79.4 Å². The maximum absolute atomic E-state index is 13.6. The maximum atomic E-state index is 13.6. The molecule has 1 aliphatic rings. The third kappa shape index (κ3) is 5.72. The number of hydrogen-bond acceptors (Lipinski definition) is 5. The summed E-state index contributed by atoms with van der Waals surface area (Å²) in [6, 6.07) is 9.61. The van der Waals surface area contributed by atoms with Crippen LogP contribution in [0.4, 0.5) is 4.39 Å². The minimum absolute atomic E-state index is 0.0126. The second-order valence-corrected chi connectivity index (χ2v) is 10.3. The molecule has 1 amide bonds. The number of nitrogens with one attached hydrogen (secondary N) is 1. The van der Waals surface area contributed by atoms with Gasteiger partial charge in [0.1, 0.15) is 15.9 Å². The third-order valence-electron chi connectivity index (χ3n) is 4.93. The number of piperidine rings is 1. The molecular weight excluding hydrogens is 449 g/mol. The fourth-order valence-corrected chi connectivity index (χ4v) is 5.99. The Kier molecular flexibility index (Phi) is 8.10. The van der Waals surface area contributed by atoms with Crippen LogP contribution in [-0.2, 0) is 20.6 Å². The number of thioether (sulfide) groups is 1. The van der Waals surface area contributed by atoms with Crippen molar-refractivity contribution in [2.75, 3.05) is 25.4 Å². The first-order valence-electron chi connectivity index (χ1n) is 9.59. The van der Waals surface area contributed by atoms with E-state index in [4.69, 9.17) is 11.6 Å². The lowest BCUT2D eigenvalue weighted by Gasteiger charge is -2.30. The van der Waals surface area contributed by atoms with Crippen LogP contribution in [0, 0.1) is 11.7 Å². The highest BCUT2D eigenvalue weighted by Crippen LogP contribution is 2.27. The van der Waals surface area contributed by atoms with Gasteiger partial charge in [-0.1, -0.05) is 29.8 Å². The Hall–Kier alpha value is -1.68. The predicted molar refractivity (Wildman–Crippen MR) is 116 cm³/mol. The number of carbonyl (C=O) groups is 1. The Morgan fingerprint density at radius 1 is 1.23 bits per heavy atom. The number of sulfonamides is 1. The molecule has 0 bridgehead atoms. The second kappa shape index (κ2) is 10.6. The van der Waals surface area contributed by atoms with E-state index in [0.717, 1.165) is 0 Å². The van der Waals surface area contributed by atoms with Gasteiger partial charge in [0.05, 0.1) is 0 Å². The molecule has 0 spiro atoms. The number of rotatable bonds is 8. The van der Waals surface area contributed by atoms with E-state index in [2.05, 4.69) is 10.3 Å². The van der Waals surface area contributed by atoms with E-state index < -0.39 is 10.0 Å². The van der Waals surface area contributed by atoms with Gasteiger partial charge in [-0.3, -0.25) is 4.79 Å². The number of aromatic nitrogens is 1. The van der Waals surface area contributed by atoms with E-state index in [1.165, 1.54) is 28.7 Å². The first-order chi connectivity index (χ1) is 14.4. The summed E-state index contributed by atoms with van der Waals surface area (Å²) in [4.78, 5) is 16.2. The smallest absolute Gasteiger partial charge is 0.246 e. The van der Waals surface area contributed by atoms with Crippen LogP contribution >= 0.6 is 23.4 Å². The minimum atomic E-state index is -3.72. The van der Waals surface area contributed by atoms with Crippen molar-refractivity contribution in [1.82, 2.24) is 14.6 Å². The first-order valence-corrected chi connectivity index (χ1v) is 12.6. The summed E-state index contributed by atoms with van der Waals surface area (Å²) in [5, 5.41) is 2.84. The minimum Gasteiger partial charge on any atom is -0.355 e. The summed E-state index contributed by atoms with van der Waals surface area (Å²) in [6.07, 6.45) is 2.34. The zero-order chi connectivity index (χ0) is 21.6. The van der Waals surface area contributed by atoms with Gasteiger partial charge in [-0.05, 0) is 36.6 Å².